The van der Waals surface area contributed by atoms with Crippen molar-refractivity contribution in [2.75, 3.05) is 4.72 Å². The van der Waals surface area contributed by atoms with Crippen LogP contribution in [0, 0.1) is 0 Å². The fourth-order valence-corrected chi connectivity index (χ4v) is 4.69. The summed E-state index contributed by atoms with van der Waals surface area (Å²) in [7, 11) is -3.92. The first-order valence-electron chi connectivity index (χ1n) is 4.76. The van der Waals surface area contributed by atoms with Crippen molar-refractivity contribution in [3.63, 3.8) is 0 Å². The van der Waals surface area contributed by atoms with Crippen LogP contribution in [0.3, 0.4) is 0 Å². The van der Waals surface area contributed by atoms with Crippen LogP contribution in [0.1, 0.15) is 0 Å². The smallest absolute Gasteiger partial charge is 0.264 e. The second-order valence-corrected chi connectivity index (χ2v) is 7.83. The van der Waals surface area contributed by atoms with Crippen molar-refractivity contribution < 1.29 is 13.5 Å². The van der Waals surface area contributed by atoms with Gasteiger partial charge < -0.3 is 5.11 Å². The van der Waals surface area contributed by atoms with Gasteiger partial charge in [-0.25, -0.2) is 8.42 Å². The standard InChI is InChI=1S/C10H6Cl3NO3S2/c11-5-1-2-6(7(15)3-5)14-19(16,17)8-4-9(12)18-10(8)13/h1-4,14-15H. The zero-order valence-electron chi connectivity index (χ0n) is 9.02. The van der Waals surface area contributed by atoms with Crippen LogP contribution in [-0.2, 0) is 10.0 Å². The lowest BCUT2D eigenvalue weighted by atomic mass is 10.3. The molecule has 0 aliphatic carbocycles. The number of benzene rings is 1. The zero-order valence-corrected chi connectivity index (χ0v) is 12.9. The molecule has 2 rings (SSSR count). The molecule has 1 aromatic heterocycles. The Balaban J connectivity index is 2.39. The molecule has 0 radical (unpaired) electrons. The molecule has 0 saturated carbocycles. The summed E-state index contributed by atoms with van der Waals surface area (Å²) in [6.45, 7) is 0. The Morgan fingerprint density at radius 3 is 2.37 bits per heavy atom. The minimum atomic E-state index is -3.92. The topological polar surface area (TPSA) is 66.4 Å². The van der Waals surface area contributed by atoms with Crippen LogP contribution >= 0.6 is 46.1 Å². The first kappa shape index (κ1) is 14.7. The fourth-order valence-electron chi connectivity index (χ4n) is 1.30. The quantitative estimate of drug-likeness (QED) is 0.808. The third-order valence-corrected chi connectivity index (χ3v) is 5.47. The maximum absolute atomic E-state index is 12.1. The number of sulfonamides is 1. The second-order valence-electron chi connectivity index (χ2n) is 3.46. The van der Waals surface area contributed by atoms with Crippen LogP contribution in [-0.4, -0.2) is 13.5 Å². The molecule has 102 valence electrons. The van der Waals surface area contributed by atoms with Crippen LogP contribution in [0.25, 0.3) is 0 Å². The highest BCUT2D eigenvalue weighted by molar-refractivity contribution is 7.93. The average Bonchev–Trinajstić information content (AvgIpc) is 2.63. The molecule has 2 N–H and O–H groups in total. The van der Waals surface area contributed by atoms with Gasteiger partial charge in [-0.15, -0.1) is 11.3 Å². The Bertz CT molecular complexity index is 728. The first-order chi connectivity index (χ1) is 8.79. The summed E-state index contributed by atoms with van der Waals surface area (Å²) in [6.07, 6.45) is 0. The highest BCUT2D eigenvalue weighted by Crippen LogP contribution is 2.36. The molecular formula is C10H6Cl3NO3S2. The molecule has 2 aromatic rings. The summed E-state index contributed by atoms with van der Waals surface area (Å²) in [5.74, 6) is -0.284. The van der Waals surface area contributed by atoms with E-state index in [1.165, 1.54) is 24.3 Å². The van der Waals surface area contributed by atoms with Gasteiger partial charge in [0.05, 0.1) is 10.0 Å². The summed E-state index contributed by atoms with van der Waals surface area (Å²) >= 11 is 18.1. The van der Waals surface area contributed by atoms with Gasteiger partial charge in [0, 0.05) is 11.1 Å². The summed E-state index contributed by atoms with van der Waals surface area (Å²) < 4.78 is 26.7. The van der Waals surface area contributed by atoms with Crippen molar-refractivity contribution >= 4 is 61.9 Å². The van der Waals surface area contributed by atoms with Crippen molar-refractivity contribution in [1.29, 1.82) is 0 Å². The van der Waals surface area contributed by atoms with Crippen LogP contribution in [0.2, 0.25) is 13.7 Å². The van der Waals surface area contributed by atoms with E-state index < -0.39 is 10.0 Å². The average molecular weight is 359 g/mol. The maximum atomic E-state index is 12.1. The van der Waals surface area contributed by atoms with Crippen LogP contribution in [0.4, 0.5) is 5.69 Å². The van der Waals surface area contributed by atoms with Crippen molar-refractivity contribution in [2.45, 2.75) is 4.90 Å². The molecule has 19 heavy (non-hydrogen) atoms. The van der Waals surface area contributed by atoms with Crippen molar-refractivity contribution in [3.8, 4) is 5.75 Å². The molecule has 1 aromatic carbocycles. The monoisotopic (exact) mass is 357 g/mol. The number of phenolic OH excluding ortho intramolecular Hbond substituents is 1. The van der Waals surface area contributed by atoms with Gasteiger partial charge in [-0.1, -0.05) is 34.8 Å². The van der Waals surface area contributed by atoms with E-state index in [1.807, 2.05) is 0 Å². The number of hydrogen-bond acceptors (Lipinski definition) is 4. The van der Waals surface area contributed by atoms with E-state index in [2.05, 4.69) is 4.72 Å². The fraction of sp³-hybridized carbons (Fsp3) is 0. The number of rotatable bonds is 3. The van der Waals surface area contributed by atoms with E-state index in [4.69, 9.17) is 34.8 Å². The van der Waals surface area contributed by atoms with Gasteiger partial charge >= 0.3 is 0 Å². The van der Waals surface area contributed by atoms with E-state index in [1.54, 1.807) is 0 Å². The molecule has 0 saturated heterocycles. The summed E-state index contributed by atoms with van der Waals surface area (Å²) in [5, 5.41) is 9.90. The maximum Gasteiger partial charge on any atom is 0.264 e. The minimum absolute atomic E-state index is 0.00258. The molecule has 1 heterocycles. The lowest BCUT2D eigenvalue weighted by Crippen LogP contribution is -2.12. The molecule has 0 atom stereocenters. The zero-order chi connectivity index (χ0) is 14.2. The molecule has 0 bridgehead atoms. The van der Waals surface area contributed by atoms with Gasteiger partial charge in [0.1, 0.15) is 15.0 Å². The van der Waals surface area contributed by atoms with Crippen molar-refractivity contribution in [2.24, 2.45) is 0 Å². The number of anilines is 1. The van der Waals surface area contributed by atoms with Gasteiger partial charge in [-0.05, 0) is 18.2 Å². The van der Waals surface area contributed by atoms with Gasteiger partial charge in [0.15, 0.2) is 0 Å². The molecule has 0 aliphatic rings. The first-order valence-corrected chi connectivity index (χ1v) is 8.19. The van der Waals surface area contributed by atoms with E-state index in [0.29, 0.717) is 0 Å². The van der Waals surface area contributed by atoms with Crippen molar-refractivity contribution in [3.05, 3.63) is 38.0 Å². The molecule has 0 spiro atoms. The highest BCUT2D eigenvalue weighted by atomic mass is 35.5. The predicted octanol–water partition coefficient (Wildman–Crippen LogP) is 4.21. The number of nitrogens with one attached hydrogen (secondary N) is 1. The molecule has 0 amide bonds. The van der Waals surface area contributed by atoms with Crippen LogP contribution in [0.5, 0.6) is 5.75 Å². The largest absolute Gasteiger partial charge is 0.506 e. The van der Waals surface area contributed by atoms with Crippen molar-refractivity contribution in [1.82, 2.24) is 0 Å². The SMILES string of the molecule is O=S(=O)(Nc1ccc(Cl)cc1O)c1cc(Cl)sc1Cl. The Morgan fingerprint density at radius 2 is 1.84 bits per heavy atom. The Labute approximate surface area is 128 Å². The summed E-state index contributed by atoms with van der Waals surface area (Å²) in [6, 6.07) is 5.25. The van der Waals surface area contributed by atoms with Gasteiger partial charge in [-0.3, -0.25) is 4.72 Å². The predicted molar refractivity (Wildman–Crippen MR) is 78.3 cm³/mol. The van der Waals surface area contributed by atoms with Crippen LogP contribution < -0.4 is 4.72 Å². The third kappa shape index (κ3) is 3.27. The molecule has 4 nitrogen and oxygen atoms in total. The molecule has 9 heteroatoms. The second kappa shape index (κ2) is 5.38. The molecule has 0 aliphatic heterocycles. The van der Waals surface area contributed by atoms with E-state index >= 15 is 0 Å². The van der Waals surface area contributed by atoms with Crippen LogP contribution in [0.15, 0.2) is 29.2 Å². The number of aromatic hydroxyl groups is 1. The Kier molecular flexibility index (Phi) is 4.17. The summed E-state index contributed by atoms with van der Waals surface area (Å²) in [4.78, 5) is -0.140. The number of phenols is 1. The number of halogens is 3. The lowest BCUT2D eigenvalue weighted by Gasteiger charge is -2.08. The van der Waals surface area contributed by atoms with Gasteiger partial charge in [0.2, 0.25) is 0 Å². The van der Waals surface area contributed by atoms with Gasteiger partial charge in [0.25, 0.3) is 10.0 Å². The molecule has 0 unspecified atom stereocenters. The highest BCUT2D eigenvalue weighted by Gasteiger charge is 2.22. The summed E-state index contributed by atoms with van der Waals surface area (Å²) in [5.41, 5.74) is 0.00258. The number of hydrogen-bond donors (Lipinski definition) is 2. The normalized spacial score (nSPS) is 11.5. The van der Waals surface area contributed by atoms with Gasteiger partial charge in [-0.2, -0.15) is 0 Å². The Morgan fingerprint density at radius 1 is 1.16 bits per heavy atom. The molecule has 0 fully saturated rings. The minimum Gasteiger partial charge on any atom is -0.506 e. The van der Waals surface area contributed by atoms with E-state index in [0.717, 1.165) is 11.3 Å². The molecular weight excluding hydrogens is 353 g/mol. The Hall–Kier alpha value is -0.660. The lowest BCUT2D eigenvalue weighted by molar-refractivity contribution is 0.477. The van der Waals surface area contributed by atoms with E-state index in [9.17, 15) is 13.5 Å². The number of thiophene rings is 1. The third-order valence-electron chi connectivity index (χ3n) is 2.12. The van der Waals surface area contributed by atoms with E-state index in [-0.39, 0.29) is 30.0 Å².